The van der Waals surface area contributed by atoms with Crippen molar-refractivity contribution in [1.29, 1.82) is 0 Å². The van der Waals surface area contributed by atoms with Crippen molar-refractivity contribution < 1.29 is 18.0 Å². The first-order valence-corrected chi connectivity index (χ1v) is 14.7. The maximum absolute atomic E-state index is 13.4. The van der Waals surface area contributed by atoms with Gasteiger partial charge in [0.1, 0.15) is 6.04 Å². The minimum atomic E-state index is -3.91. The van der Waals surface area contributed by atoms with E-state index < -0.39 is 22.0 Å². The van der Waals surface area contributed by atoms with Crippen molar-refractivity contribution in [1.82, 2.24) is 19.8 Å². The molecule has 0 spiro atoms. The fraction of sp³-hybridized carbons (Fsp3) is 0.500. The number of rotatable bonds is 7. The first kappa shape index (κ1) is 25.9. The normalized spacial score (nSPS) is 22.9. The van der Waals surface area contributed by atoms with E-state index in [9.17, 15) is 18.0 Å². The molecule has 2 aliphatic heterocycles. The fourth-order valence-electron chi connectivity index (χ4n) is 5.77. The van der Waals surface area contributed by atoms with Crippen LogP contribution < -0.4 is 10.6 Å². The van der Waals surface area contributed by atoms with Crippen LogP contribution in [-0.4, -0.2) is 61.7 Å². The standard InChI is InChI=1S/C28H36N4O4S/c1-20-7-10-23(11-8-20)37(35,36)32-16-13-29-28(34)26(32)18-27(33)30-25-6-4-5-22-17-21(9-12-24(22)25)19-31-14-2-3-15-31/h7-12,17,25-26H,2-6,13-16,18-19H2,1H3,(H,29,34)(H,30,33)/t25-,26?/m1/s1. The number of carbonyl (C=O) groups excluding carboxylic acids is 2. The molecule has 2 aromatic rings. The zero-order valence-electron chi connectivity index (χ0n) is 21.4. The van der Waals surface area contributed by atoms with Crippen LogP contribution in [0.1, 0.15) is 60.4 Å². The molecule has 0 aromatic heterocycles. The Morgan fingerprint density at radius 3 is 2.57 bits per heavy atom. The van der Waals surface area contributed by atoms with Crippen LogP contribution in [0.15, 0.2) is 47.4 Å². The van der Waals surface area contributed by atoms with Crippen LogP contribution in [0.25, 0.3) is 0 Å². The van der Waals surface area contributed by atoms with E-state index in [1.54, 1.807) is 24.3 Å². The van der Waals surface area contributed by atoms with Crippen molar-refractivity contribution in [2.24, 2.45) is 0 Å². The zero-order valence-corrected chi connectivity index (χ0v) is 22.2. The third-order valence-corrected chi connectivity index (χ3v) is 9.67. The van der Waals surface area contributed by atoms with E-state index in [1.165, 1.54) is 28.3 Å². The van der Waals surface area contributed by atoms with Gasteiger partial charge in [0.25, 0.3) is 0 Å². The largest absolute Gasteiger partial charge is 0.353 e. The number of amides is 2. The van der Waals surface area contributed by atoms with Gasteiger partial charge in [-0.2, -0.15) is 4.31 Å². The summed E-state index contributed by atoms with van der Waals surface area (Å²) in [5.41, 5.74) is 4.65. The van der Waals surface area contributed by atoms with E-state index in [-0.39, 0.29) is 36.4 Å². The van der Waals surface area contributed by atoms with E-state index in [0.29, 0.717) is 0 Å². The topological polar surface area (TPSA) is 98.8 Å². The first-order chi connectivity index (χ1) is 17.8. The fourth-order valence-corrected chi connectivity index (χ4v) is 7.35. The molecule has 5 rings (SSSR count). The molecule has 37 heavy (non-hydrogen) atoms. The molecule has 2 heterocycles. The van der Waals surface area contributed by atoms with E-state index in [4.69, 9.17) is 0 Å². The van der Waals surface area contributed by atoms with Crippen LogP contribution in [0.4, 0.5) is 0 Å². The second kappa shape index (κ2) is 10.9. The predicted molar refractivity (Wildman–Crippen MR) is 141 cm³/mol. The van der Waals surface area contributed by atoms with Crippen molar-refractivity contribution in [3.05, 3.63) is 64.7 Å². The molecule has 8 nitrogen and oxygen atoms in total. The molecule has 2 N–H and O–H groups in total. The summed E-state index contributed by atoms with van der Waals surface area (Å²) in [6.07, 6.45) is 5.11. The van der Waals surface area contributed by atoms with Crippen molar-refractivity contribution in [3.63, 3.8) is 0 Å². The van der Waals surface area contributed by atoms with Gasteiger partial charge in [-0.15, -0.1) is 0 Å². The Hall–Kier alpha value is -2.75. The van der Waals surface area contributed by atoms with Crippen LogP contribution in [0.5, 0.6) is 0 Å². The quantitative estimate of drug-likeness (QED) is 0.580. The monoisotopic (exact) mass is 524 g/mol. The highest BCUT2D eigenvalue weighted by Gasteiger charge is 2.40. The Morgan fingerprint density at radius 1 is 1.05 bits per heavy atom. The Morgan fingerprint density at radius 2 is 1.81 bits per heavy atom. The second-order valence-corrected chi connectivity index (χ2v) is 12.4. The number of sulfonamides is 1. The van der Waals surface area contributed by atoms with Gasteiger partial charge in [0.2, 0.25) is 21.8 Å². The smallest absolute Gasteiger partial charge is 0.243 e. The molecule has 2 fully saturated rings. The molecule has 0 saturated carbocycles. The third-order valence-electron chi connectivity index (χ3n) is 7.75. The Kier molecular flexibility index (Phi) is 7.65. The molecule has 2 saturated heterocycles. The maximum Gasteiger partial charge on any atom is 0.243 e. The van der Waals surface area contributed by atoms with Gasteiger partial charge in [-0.1, -0.05) is 35.9 Å². The van der Waals surface area contributed by atoms with Gasteiger partial charge in [0.05, 0.1) is 17.4 Å². The van der Waals surface area contributed by atoms with Crippen molar-refractivity contribution >= 4 is 21.8 Å². The molecule has 3 aliphatic rings. The minimum Gasteiger partial charge on any atom is -0.353 e. The molecular weight excluding hydrogens is 488 g/mol. The second-order valence-electron chi connectivity index (χ2n) is 10.5. The van der Waals surface area contributed by atoms with Gasteiger partial charge in [-0.05, 0) is 80.9 Å². The van der Waals surface area contributed by atoms with E-state index >= 15 is 0 Å². The van der Waals surface area contributed by atoms with Crippen molar-refractivity contribution in [2.75, 3.05) is 26.2 Å². The summed E-state index contributed by atoms with van der Waals surface area (Å²) < 4.78 is 27.9. The third kappa shape index (κ3) is 5.73. The highest BCUT2D eigenvalue weighted by Crippen LogP contribution is 2.31. The predicted octanol–water partition coefficient (Wildman–Crippen LogP) is 2.66. The number of hydrogen-bond acceptors (Lipinski definition) is 5. The number of carbonyl (C=O) groups is 2. The lowest BCUT2D eigenvalue weighted by Gasteiger charge is -2.34. The molecule has 2 amide bonds. The van der Waals surface area contributed by atoms with Crippen molar-refractivity contribution in [2.45, 2.75) is 69.0 Å². The molecule has 1 unspecified atom stereocenters. The van der Waals surface area contributed by atoms with Crippen LogP contribution in [0.2, 0.25) is 0 Å². The molecule has 2 aromatic carbocycles. The number of nitrogens with one attached hydrogen (secondary N) is 2. The highest BCUT2D eigenvalue weighted by molar-refractivity contribution is 7.89. The molecular formula is C28H36N4O4S. The lowest BCUT2D eigenvalue weighted by atomic mass is 9.86. The van der Waals surface area contributed by atoms with Gasteiger partial charge in [0, 0.05) is 19.6 Å². The average molecular weight is 525 g/mol. The highest BCUT2D eigenvalue weighted by atomic mass is 32.2. The molecule has 0 radical (unpaired) electrons. The summed E-state index contributed by atoms with van der Waals surface area (Å²) in [5.74, 6) is -0.752. The van der Waals surface area contributed by atoms with Gasteiger partial charge in [-0.3, -0.25) is 14.5 Å². The lowest BCUT2D eigenvalue weighted by molar-refractivity contribution is -0.132. The van der Waals surface area contributed by atoms with E-state index in [0.717, 1.165) is 50.0 Å². The van der Waals surface area contributed by atoms with E-state index in [2.05, 4.69) is 33.7 Å². The number of fused-ring (bicyclic) bond motifs is 1. The average Bonchev–Trinajstić information content (AvgIpc) is 3.38. The number of nitrogens with zero attached hydrogens (tertiary/aromatic N) is 2. The summed E-state index contributed by atoms with van der Waals surface area (Å²) >= 11 is 0. The number of piperazine rings is 1. The maximum atomic E-state index is 13.4. The van der Waals surface area contributed by atoms with Crippen LogP contribution >= 0.6 is 0 Å². The van der Waals surface area contributed by atoms with Crippen LogP contribution in [0, 0.1) is 6.92 Å². The first-order valence-electron chi connectivity index (χ1n) is 13.3. The van der Waals surface area contributed by atoms with Gasteiger partial charge < -0.3 is 10.6 Å². The summed E-state index contributed by atoms with van der Waals surface area (Å²) in [6.45, 7) is 5.51. The molecule has 0 bridgehead atoms. The minimum absolute atomic E-state index is 0.129. The summed E-state index contributed by atoms with van der Waals surface area (Å²) in [7, 11) is -3.91. The van der Waals surface area contributed by atoms with Crippen LogP contribution in [-0.2, 0) is 32.6 Å². The van der Waals surface area contributed by atoms with Crippen LogP contribution in [0.3, 0.4) is 0 Å². The summed E-state index contributed by atoms with van der Waals surface area (Å²) in [4.78, 5) is 28.5. The number of aryl methyl sites for hydroxylation is 2. The Bertz CT molecular complexity index is 1260. The summed E-state index contributed by atoms with van der Waals surface area (Å²) in [6, 6.07) is 11.9. The molecule has 198 valence electrons. The number of hydrogen-bond donors (Lipinski definition) is 2. The van der Waals surface area contributed by atoms with Crippen molar-refractivity contribution in [3.8, 4) is 0 Å². The van der Waals surface area contributed by atoms with Gasteiger partial charge in [-0.25, -0.2) is 8.42 Å². The van der Waals surface area contributed by atoms with Gasteiger partial charge in [0.15, 0.2) is 0 Å². The zero-order chi connectivity index (χ0) is 26.0. The SMILES string of the molecule is Cc1ccc(S(=O)(=O)N2CCNC(=O)C2CC(=O)N[C@@H]2CCCc3cc(CN4CCCC4)ccc32)cc1. The number of likely N-dealkylation sites (tertiary alicyclic amines) is 1. The summed E-state index contributed by atoms with van der Waals surface area (Å²) in [5, 5.41) is 5.83. The van der Waals surface area contributed by atoms with E-state index in [1.807, 2.05) is 6.92 Å². The Labute approximate surface area is 219 Å². The number of benzene rings is 2. The van der Waals surface area contributed by atoms with Gasteiger partial charge >= 0.3 is 0 Å². The molecule has 1 aliphatic carbocycles. The lowest BCUT2D eigenvalue weighted by Crippen LogP contribution is -2.58. The molecule has 2 atom stereocenters. The molecule has 9 heteroatoms. The Balaban J connectivity index is 1.28.